The molecular weight excluding hydrogens is 430 g/mol. The van der Waals surface area contributed by atoms with Gasteiger partial charge in [0.25, 0.3) is 0 Å². The van der Waals surface area contributed by atoms with Gasteiger partial charge < -0.3 is 19.7 Å². The molecule has 8 heteroatoms. The molecule has 166 valence electrons. The maximum absolute atomic E-state index is 13.9. The first-order valence-corrected chi connectivity index (χ1v) is 11.8. The molecule has 2 aliphatic rings. The van der Waals surface area contributed by atoms with E-state index in [1.165, 1.54) is 10.4 Å². The molecule has 0 unspecified atom stereocenters. The molecule has 7 nitrogen and oxygen atoms in total. The van der Waals surface area contributed by atoms with Gasteiger partial charge in [-0.15, -0.1) is 0 Å². The van der Waals surface area contributed by atoms with Crippen LogP contribution in [0, 0.1) is 6.92 Å². The van der Waals surface area contributed by atoms with E-state index in [4.69, 9.17) is 9.47 Å². The van der Waals surface area contributed by atoms with Crippen molar-refractivity contribution in [3.63, 3.8) is 0 Å². The third-order valence-corrected chi connectivity index (χ3v) is 7.91. The molecule has 0 aromatic heterocycles. The van der Waals surface area contributed by atoms with Crippen molar-refractivity contribution in [1.29, 1.82) is 0 Å². The third-order valence-electron chi connectivity index (χ3n) is 6.03. The average molecular weight is 454 g/mol. The monoisotopic (exact) mass is 453 g/mol. The predicted octanol–water partition coefficient (Wildman–Crippen LogP) is 3.65. The molecule has 0 saturated heterocycles. The van der Waals surface area contributed by atoms with Gasteiger partial charge in [0.1, 0.15) is 5.75 Å². The van der Waals surface area contributed by atoms with E-state index >= 15 is 0 Å². The number of aryl methyl sites for hydroxylation is 1. The number of ether oxygens (including phenoxy) is 2. The van der Waals surface area contributed by atoms with E-state index in [-0.39, 0.29) is 30.5 Å². The van der Waals surface area contributed by atoms with Gasteiger partial charge in [-0.3, -0.25) is 0 Å². The van der Waals surface area contributed by atoms with Gasteiger partial charge in [0, 0.05) is 18.2 Å². The van der Waals surface area contributed by atoms with E-state index in [1.807, 2.05) is 31.2 Å². The van der Waals surface area contributed by atoms with Crippen LogP contribution in [0.3, 0.4) is 0 Å². The van der Waals surface area contributed by atoms with E-state index in [9.17, 15) is 18.6 Å². The summed E-state index contributed by atoms with van der Waals surface area (Å²) in [7, 11) is -3.98. The van der Waals surface area contributed by atoms with Crippen molar-refractivity contribution in [3.05, 3.63) is 82.9 Å². The van der Waals surface area contributed by atoms with Gasteiger partial charge in [0.2, 0.25) is 16.8 Å². The Morgan fingerprint density at radius 3 is 2.31 bits per heavy atom. The van der Waals surface area contributed by atoms with Gasteiger partial charge in [0.05, 0.1) is 17.0 Å². The minimum atomic E-state index is -3.98. The van der Waals surface area contributed by atoms with Gasteiger partial charge >= 0.3 is 0 Å². The fourth-order valence-electron chi connectivity index (χ4n) is 4.53. The normalized spacial score (nSPS) is 19.8. The zero-order valence-corrected chi connectivity index (χ0v) is 18.2. The second-order valence-electron chi connectivity index (χ2n) is 7.97. The molecule has 2 aliphatic heterocycles. The van der Waals surface area contributed by atoms with Crippen LogP contribution >= 0.6 is 0 Å². The van der Waals surface area contributed by atoms with Crippen molar-refractivity contribution in [2.24, 2.45) is 0 Å². The van der Waals surface area contributed by atoms with Crippen molar-refractivity contribution in [3.8, 4) is 17.2 Å². The van der Waals surface area contributed by atoms with Crippen LogP contribution in [0.5, 0.6) is 17.2 Å². The van der Waals surface area contributed by atoms with Crippen LogP contribution < -0.4 is 9.47 Å². The first-order chi connectivity index (χ1) is 15.4. The van der Waals surface area contributed by atoms with E-state index in [0.29, 0.717) is 17.1 Å². The summed E-state index contributed by atoms with van der Waals surface area (Å²) in [6, 6.07) is 15.8. The van der Waals surface area contributed by atoms with Crippen LogP contribution in [0.4, 0.5) is 0 Å². The lowest BCUT2D eigenvalue weighted by atomic mass is 9.96. The molecule has 0 spiro atoms. The summed E-state index contributed by atoms with van der Waals surface area (Å²) in [5.74, 6) is 0.786. The number of sulfonamides is 1. The Kier molecular flexibility index (Phi) is 5.08. The Morgan fingerprint density at radius 2 is 1.62 bits per heavy atom. The number of rotatable bonds is 5. The minimum Gasteiger partial charge on any atom is -0.507 e. The van der Waals surface area contributed by atoms with Gasteiger partial charge in [0.15, 0.2) is 11.5 Å². The van der Waals surface area contributed by atoms with Crippen molar-refractivity contribution in [2.45, 2.75) is 30.3 Å². The molecule has 0 radical (unpaired) electrons. The summed E-state index contributed by atoms with van der Waals surface area (Å²) in [6.45, 7) is 1.75. The standard InChI is InChI=1S/C24H23NO6S/c1-15-6-8-16(9-7-15)32(28,29)25-20(10-11-26)17-4-2-3-5-18(17)24(25)19-12-22-23(13-21(19)27)31-14-30-22/h2-9,12-13,20,24,26-27H,10-11,14H2,1H3/t20-,24-/m0/s1. The first kappa shape index (κ1) is 20.8. The largest absolute Gasteiger partial charge is 0.507 e. The fraction of sp³-hybridized carbons (Fsp3) is 0.250. The van der Waals surface area contributed by atoms with Crippen LogP contribution in [0.25, 0.3) is 0 Å². The summed E-state index contributed by atoms with van der Waals surface area (Å²) in [6.07, 6.45) is 0.226. The maximum Gasteiger partial charge on any atom is 0.244 e. The number of nitrogens with zero attached hydrogens (tertiary/aromatic N) is 1. The molecule has 0 aliphatic carbocycles. The highest BCUT2D eigenvalue weighted by Gasteiger charge is 2.47. The third kappa shape index (κ3) is 3.23. The molecule has 32 heavy (non-hydrogen) atoms. The number of hydrogen-bond donors (Lipinski definition) is 2. The molecular formula is C24H23NO6S. The summed E-state index contributed by atoms with van der Waals surface area (Å²) >= 11 is 0. The van der Waals surface area contributed by atoms with Crippen molar-refractivity contribution in [2.75, 3.05) is 13.4 Å². The lowest BCUT2D eigenvalue weighted by Crippen LogP contribution is -2.34. The van der Waals surface area contributed by atoms with Gasteiger partial charge in [-0.25, -0.2) is 8.42 Å². The number of fused-ring (bicyclic) bond motifs is 2. The molecule has 0 saturated carbocycles. The number of aromatic hydroxyl groups is 1. The van der Waals surface area contributed by atoms with E-state index in [2.05, 4.69) is 0 Å². The molecule has 3 aromatic rings. The Hall–Kier alpha value is -3.07. The highest BCUT2D eigenvalue weighted by Crippen LogP contribution is 2.53. The SMILES string of the molecule is Cc1ccc(S(=O)(=O)N2[C@H](c3cc4c(cc3O)OCO4)c3ccccc3[C@@H]2CCO)cc1. The topological polar surface area (TPSA) is 96.3 Å². The fourth-order valence-corrected chi connectivity index (χ4v) is 6.31. The smallest absolute Gasteiger partial charge is 0.244 e. The zero-order valence-electron chi connectivity index (χ0n) is 17.4. The number of phenolic OH excluding ortho intramolecular Hbond substituents is 1. The van der Waals surface area contributed by atoms with E-state index in [0.717, 1.165) is 16.7 Å². The van der Waals surface area contributed by atoms with Crippen LogP contribution in [0.15, 0.2) is 65.6 Å². The number of benzene rings is 3. The maximum atomic E-state index is 13.9. The summed E-state index contributed by atoms with van der Waals surface area (Å²) in [5, 5.41) is 20.6. The average Bonchev–Trinajstić information content (AvgIpc) is 3.36. The van der Waals surface area contributed by atoms with Gasteiger partial charge in [-0.1, -0.05) is 42.0 Å². The lowest BCUT2D eigenvalue weighted by Gasteiger charge is -2.30. The van der Waals surface area contributed by atoms with Gasteiger partial charge in [-0.2, -0.15) is 4.31 Å². The molecule has 0 fully saturated rings. The van der Waals surface area contributed by atoms with Crippen LogP contribution in [0.2, 0.25) is 0 Å². The second kappa shape index (κ2) is 7.81. The summed E-state index contributed by atoms with van der Waals surface area (Å²) in [4.78, 5) is 0.157. The zero-order chi connectivity index (χ0) is 22.5. The molecule has 2 N–H and O–H groups in total. The second-order valence-corrected chi connectivity index (χ2v) is 9.82. The number of aliphatic hydroxyl groups excluding tert-OH is 1. The summed E-state index contributed by atoms with van der Waals surface area (Å²) in [5.41, 5.74) is 2.92. The Bertz CT molecular complexity index is 1270. The summed E-state index contributed by atoms with van der Waals surface area (Å²) < 4.78 is 40.1. The Morgan fingerprint density at radius 1 is 0.969 bits per heavy atom. The lowest BCUT2D eigenvalue weighted by molar-refractivity contribution is 0.173. The molecule has 5 rings (SSSR count). The van der Waals surface area contributed by atoms with Crippen molar-refractivity contribution in [1.82, 2.24) is 4.31 Å². The highest BCUT2D eigenvalue weighted by atomic mass is 32.2. The van der Waals surface area contributed by atoms with Crippen LogP contribution in [-0.2, 0) is 10.0 Å². The van der Waals surface area contributed by atoms with Gasteiger partial charge in [-0.05, 0) is 42.7 Å². The predicted molar refractivity (Wildman–Crippen MR) is 117 cm³/mol. The van der Waals surface area contributed by atoms with E-state index in [1.54, 1.807) is 30.3 Å². The molecule has 0 amide bonds. The number of phenols is 1. The highest BCUT2D eigenvalue weighted by molar-refractivity contribution is 7.89. The van der Waals surface area contributed by atoms with Crippen molar-refractivity contribution < 1.29 is 28.1 Å². The van der Waals surface area contributed by atoms with E-state index < -0.39 is 22.1 Å². The quantitative estimate of drug-likeness (QED) is 0.612. The number of aliphatic hydroxyl groups is 1. The molecule has 2 atom stereocenters. The Balaban J connectivity index is 1.73. The van der Waals surface area contributed by atoms with Crippen molar-refractivity contribution >= 4 is 10.0 Å². The number of hydrogen-bond acceptors (Lipinski definition) is 6. The molecule has 2 heterocycles. The van der Waals surface area contributed by atoms with Crippen LogP contribution in [0.1, 0.15) is 40.8 Å². The molecule has 3 aromatic carbocycles. The Labute approximate surface area is 186 Å². The molecule has 0 bridgehead atoms. The minimum absolute atomic E-state index is 0.0397. The first-order valence-electron chi connectivity index (χ1n) is 10.3. The van der Waals surface area contributed by atoms with Crippen LogP contribution in [-0.4, -0.2) is 36.3 Å².